The summed E-state index contributed by atoms with van der Waals surface area (Å²) in [7, 11) is 0. The van der Waals surface area contributed by atoms with Gasteiger partial charge in [-0.15, -0.1) is 11.3 Å². The molecule has 0 aliphatic carbocycles. The first kappa shape index (κ1) is 25.6. The third kappa shape index (κ3) is 5.18. The average molecular weight is 535 g/mol. The van der Waals surface area contributed by atoms with E-state index < -0.39 is 11.9 Å². The van der Waals surface area contributed by atoms with Crippen LogP contribution in [-0.4, -0.2) is 41.5 Å². The number of nitrogens with zero attached hydrogens (tertiary/aromatic N) is 2. The van der Waals surface area contributed by atoms with Crippen molar-refractivity contribution in [1.82, 2.24) is 9.55 Å². The molecule has 3 heterocycles. The number of carbonyl (C=O) groups is 2. The second-order valence-corrected chi connectivity index (χ2v) is 9.74. The highest BCUT2D eigenvalue weighted by molar-refractivity contribution is 7.20. The van der Waals surface area contributed by atoms with Crippen molar-refractivity contribution in [3.8, 4) is 5.75 Å². The Hall–Kier alpha value is -4.02. The van der Waals surface area contributed by atoms with Gasteiger partial charge in [-0.05, 0) is 37.1 Å². The van der Waals surface area contributed by atoms with Crippen LogP contribution in [0.25, 0.3) is 10.2 Å². The van der Waals surface area contributed by atoms with E-state index in [1.807, 2.05) is 30.3 Å². The molecular formula is C28H26N2O7S. The predicted octanol–water partition coefficient (Wildman–Crippen LogP) is 4.26. The molecule has 0 saturated heterocycles. The topological polar surface area (TPSA) is 106 Å². The molecule has 0 spiro atoms. The van der Waals surface area contributed by atoms with Gasteiger partial charge in [0.25, 0.3) is 5.56 Å². The molecule has 1 aliphatic heterocycles. The van der Waals surface area contributed by atoms with Crippen molar-refractivity contribution < 1.29 is 28.5 Å². The fraction of sp³-hybridized carbons (Fsp3) is 0.286. The Morgan fingerprint density at radius 3 is 2.74 bits per heavy atom. The highest BCUT2D eigenvalue weighted by atomic mass is 32.1. The summed E-state index contributed by atoms with van der Waals surface area (Å²) < 4.78 is 23.2. The van der Waals surface area contributed by atoms with Gasteiger partial charge in [0.05, 0.1) is 43.6 Å². The molecule has 0 saturated carbocycles. The SMILES string of the molecule is CCOC(=O)c1cc2c(c(Cn3cnc4sc(C(=O)OCCc5ccccc5)c(C)c4c3=O)c1)OCOC2. The summed E-state index contributed by atoms with van der Waals surface area (Å²) >= 11 is 1.14. The summed E-state index contributed by atoms with van der Waals surface area (Å²) in [5.41, 5.74) is 2.99. The zero-order chi connectivity index (χ0) is 26.6. The van der Waals surface area contributed by atoms with Crippen LogP contribution in [0.5, 0.6) is 5.75 Å². The molecule has 1 aliphatic rings. The molecule has 0 N–H and O–H groups in total. The Kier molecular flexibility index (Phi) is 7.52. The number of aromatic nitrogens is 2. The molecule has 0 radical (unpaired) electrons. The maximum Gasteiger partial charge on any atom is 0.348 e. The zero-order valence-electron chi connectivity index (χ0n) is 21.0. The maximum absolute atomic E-state index is 13.5. The van der Waals surface area contributed by atoms with Crippen LogP contribution in [0.2, 0.25) is 0 Å². The predicted molar refractivity (Wildman–Crippen MR) is 141 cm³/mol. The number of fused-ring (bicyclic) bond motifs is 2. The number of carbonyl (C=O) groups excluding carboxylic acids is 2. The molecule has 0 unspecified atom stereocenters. The molecule has 5 rings (SSSR count). The molecule has 0 amide bonds. The Morgan fingerprint density at radius 2 is 1.95 bits per heavy atom. The van der Waals surface area contributed by atoms with Gasteiger partial charge in [0, 0.05) is 17.5 Å². The van der Waals surface area contributed by atoms with E-state index in [0.29, 0.717) is 49.5 Å². The number of hydrogen-bond acceptors (Lipinski definition) is 9. The molecule has 196 valence electrons. The summed E-state index contributed by atoms with van der Waals surface area (Å²) in [6.45, 7) is 4.41. The van der Waals surface area contributed by atoms with Crippen molar-refractivity contribution in [1.29, 1.82) is 0 Å². The molecule has 0 bridgehead atoms. The number of thiophene rings is 1. The maximum atomic E-state index is 13.5. The minimum atomic E-state index is -0.475. The second kappa shape index (κ2) is 11.2. The lowest BCUT2D eigenvalue weighted by molar-refractivity contribution is -0.0171. The first-order chi connectivity index (χ1) is 18.5. The van der Waals surface area contributed by atoms with Crippen molar-refractivity contribution in [3.05, 3.63) is 91.8 Å². The quantitative estimate of drug-likeness (QED) is 0.309. The van der Waals surface area contributed by atoms with E-state index in [1.54, 1.807) is 26.0 Å². The van der Waals surface area contributed by atoms with Crippen molar-refractivity contribution in [3.63, 3.8) is 0 Å². The summed E-state index contributed by atoms with van der Waals surface area (Å²) in [5, 5.41) is 0.368. The minimum absolute atomic E-state index is 0.0737. The van der Waals surface area contributed by atoms with Crippen LogP contribution in [0.15, 0.2) is 53.6 Å². The van der Waals surface area contributed by atoms with Gasteiger partial charge in [0.2, 0.25) is 0 Å². The van der Waals surface area contributed by atoms with E-state index in [9.17, 15) is 14.4 Å². The van der Waals surface area contributed by atoms with E-state index in [0.717, 1.165) is 16.9 Å². The first-order valence-corrected chi connectivity index (χ1v) is 13.0. The van der Waals surface area contributed by atoms with Crippen LogP contribution in [0.4, 0.5) is 0 Å². The molecule has 2 aromatic heterocycles. The van der Waals surface area contributed by atoms with E-state index in [2.05, 4.69) is 4.98 Å². The molecule has 0 atom stereocenters. The van der Waals surface area contributed by atoms with Gasteiger partial charge in [0.15, 0.2) is 6.79 Å². The number of hydrogen-bond donors (Lipinski definition) is 0. The highest BCUT2D eigenvalue weighted by Crippen LogP contribution is 2.31. The lowest BCUT2D eigenvalue weighted by Crippen LogP contribution is -2.23. The molecule has 38 heavy (non-hydrogen) atoms. The van der Waals surface area contributed by atoms with Gasteiger partial charge in [-0.2, -0.15) is 0 Å². The van der Waals surface area contributed by atoms with Gasteiger partial charge < -0.3 is 18.9 Å². The molecular weight excluding hydrogens is 508 g/mol. The van der Waals surface area contributed by atoms with Crippen LogP contribution in [0.1, 0.15) is 49.2 Å². The Bertz CT molecular complexity index is 1560. The molecule has 0 fully saturated rings. The fourth-order valence-electron chi connectivity index (χ4n) is 4.37. The lowest BCUT2D eigenvalue weighted by Gasteiger charge is -2.22. The Balaban J connectivity index is 1.42. The summed E-state index contributed by atoms with van der Waals surface area (Å²) in [5.74, 6) is -0.370. The Morgan fingerprint density at radius 1 is 1.13 bits per heavy atom. The Labute approximate surface area is 222 Å². The van der Waals surface area contributed by atoms with Gasteiger partial charge in [-0.25, -0.2) is 14.6 Å². The van der Waals surface area contributed by atoms with E-state index >= 15 is 0 Å². The number of rotatable bonds is 8. The van der Waals surface area contributed by atoms with Crippen molar-refractivity contribution >= 4 is 33.5 Å². The molecule has 4 aromatic rings. The van der Waals surface area contributed by atoms with Crippen LogP contribution >= 0.6 is 11.3 Å². The summed E-state index contributed by atoms with van der Waals surface area (Å²) in [4.78, 5) is 44.0. The number of ether oxygens (including phenoxy) is 4. The standard InChI is InChI=1S/C28H26N2O7S/c1-3-35-27(32)19-11-20(23-21(12-19)14-34-16-37-23)13-30-15-29-25-22(26(30)31)17(2)24(38-25)28(33)36-10-9-18-7-5-4-6-8-18/h4-8,11-12,15H,3,9-10,13-14,16H2,1-2H3. The minimum Gasteiger partial charge on any atom is -0.467 e. The largest absolute Gasteiger partial charge is 0.467 e. The first-order valence-electron chi connectivity index (χ1n) is 12.2. The van der Waals surface area contributed by atoms with E-state index in [1.165, 1.54) is 10.9 Å². The van der Waals surface area contributed by atoms with Crippen molar-refractivity contribution in [2.24, 2.45) is 0 Å². The zero-order valence-corrected chi connectivity index (χ0v) is 21.8. The number of benzene rings is 2. The van der Waals surface area contributed by atoms with Gasteiger partial charge in [0.1, 0.15) is 15.5 Å². The van der Waals surface area contributed by atoms with Crippen LogP contribution in [-0.2, 0) is 33.8 Å². The molecule has 2 aromatic carbocycles. The fourth-order valence-corrected chi connectivity index (χ4v) is 5.40. The molecule has 9 nitrogen and oxygen atoms in total. The monoisotopic (exact) mass is 534 g/mol. The van der Waals surface area contributed by atoms with E-state index in [-0.39, 0.29) is 38.7 Å². The van der Waals surface area contributed by atoms with Crippen molar-refractivity contribution in [2.45, 2.75) is 33.4 Å². The normalized spacial score (nSPS) is 12.6. The highest BCUT2D eigenvalue weighted by Gasteiger charge is 2.23. The van der Waals surface area contributed by atoms with Crippen LogP contribution in [0, 0.1) is 6.92 Å². The summed E-state index contributed by atoms with van der Waals surface area (Å²) in [6.07, 6.45) is 2.04. The number of esters is 2. The summed E-state index contributed by atoms with van der Waals surface area (Å²) in [6, 6.07) is 13.1. The van der Waals surface area contributed by atoms with Gasteiger partial charge in [-0.3, -0.25) is 9.36 Å². The van der Waals surface area contributed by atoms with Crippen molar-refractivity contribution in [2.75, 3.05) is 20.0 Å². The average Bonchev–Trinajstić information content (AvgIpc) is 3.27. The lowest BCUT2D eigenvalue weighted by atomic mass is 10.0. The van der Waals surface area contributed by atoms with E-state index in [4.69, 9.17) is 18.9 Å². The van der Waals surface area contributed by atoms with Crippen LogP contribution in [0.3, 0.4) is 0 Å². The number of aryl methyl sites for hydroxylation is 1. The third-order valence-electron chi connectivity index (χ3n) is 6.21. The third-order valence-corrected chi connectivity index (χ3v) is 7.39. The smallest absolute Gasteiger partial charge is 0.348 e. The van der Waals surface area contributed by atoms with Crippen LogP contribution < -0.4 is 10.3 Å². The molecule has 10 heteroatoms. The van der Waals surface area contributed by atoms with Gasteiger partial charge in [-0.1, -0.05) is 30.3 Å². The second-order valence-electron chi connectivity index (χ2n) is 8.74. The van der Waals surface area contributed by atoms with Gasteiger partial charge >= 0.3 is 11.9 Å².